The van der Waals surface area contributed by atoms with E-state index in [0.29, 0.717) is 6.54 Å². The molecule has 1 saturated heterocycles. The van der Waals surface area contributed by atoms with Crippen LogP contribution in [0, 0.1) is 5.92 Å². The Kier molecular flexibility index (Phi) is 6.35. The van der Waals surface area contributed by atoms with Gasteiger partial charge in [-0.1, -0.05) is 36.4 Å². The lowest BCUT2D eigenvalue weighted by Gasteiger charge is -2.34. The van der Waals surface area contributed by atoms with E-state index in [-0.39, 0.29) is 23.3 Å². The summed E-state index contributed by atoms with van der Waals surface area (Å²) in [6.45, 7) is 5.87. The molecule has 0 bridgehead atoms. The maximum absolute atomic E-state index is 12.9. The molecule has 5 nitrogen and oxygen atoms in total. The zero-order chi connectivity index (χ0) is 19.2. The van der Waals surface area contributed by atoms with Crippen LogP contribution in [0.3, 0.4) is 0 Å². The minimum Gasteiger partial charge on any atom is -0.504 e. The smallest absolute Gasteiger partial charge is 0.226 e. The first-order chi connectivity index (χ1) is 13.1. The predicted octanol–water partition coefficient (Wildman–Crippen LogP) is 3.36. The number of carbonyl (C=O) groups excluding carboxylic acids is 1. The van der Waals surface area contributed by atoms with E-state index in [1.165, 1.54) is 6.07 Å². The van der Waals surface area contributed by atoms with Gasteiger partial charge in [0.05, 0.1) is 0 Å². The third-order valence-corrected chi connectivity index (χ3v) is 5.29. The monoisotopic (exact) mass is 368 g/mol. The van der Waals surface area contributed by atoms with E-state index in [0.717, 1.165) is 50.1 Å². The predicted molar refractivity (Wildman–Crippen MR) is 105 cm³/mol. The first kappa shape index (κ1) is 19.2. The molecule has 0 aromatic heterocycles. The van der Waals surface area contributed by atoms with E-state index in [1.54, 1.807) is 6.07 Å². The average molecular weight is 368 g/mol. The third kappa shape index (κ3) is 5.01. The minimum absolute atomic E-state index is 0.0816. The molecule has 2 aromatic carbocycles. The van der Waals surface area contributed by atoms with E-state index >= 15 is 0 Å². The molecule has 5 heteroatoms. The number of nitrogens with zero attached hydrogens (tertiary/aromatic N) is 2. The van der Waals surface area contributed by atoms with Gasteiger partial charge in [-0.25, -0.2) is 0 Å². The fraction of sp³-hybridized carbons (Fsp3) is 0.409. The molecule has 0 unspecified atom stereocenters. The summed E-state index contributed by atoms with van der Waals surface area (Å²) in [6.07, 6.45) is 1.71. The molecule has 0 atom stereocenters. The number of amides is 1. The van der Waals surface area contributed by atoms with Crippen molar-refractivity contribution in [3.8, 4) is 11.5 Å². The normalized spacial score (nSPS) is 15.6. The van der Waals surface area contributed by atoms with Gasteiger partial charge in [0, 0.05) is 25.6 Å². The zero-order valence-electron chi connectivity index (χ0n) is 15.8. The van der Waals surface area contributed by atoms with Gasteiger partial charge in [-0.2, -0.15) is 0 Å². The second kappa shape index (κ2) is 8.91. The lowest BCUT2D eigenvalue weighted by molar-refractivity contribution is -0.137. The van der Waals surface area contributed by atoms with Crippen LogP contribution in [0.2, 0.25) is 0 Å². The Morgan fingerprint density at radius 1 is 1.04 bits per heavy atom. The summed E-state index contributed by atoms with van der Waals surface area (Å²) in [4.78, 5) is 17.2. The number of rotatable bonds is 6. The summed E-state index contributed by atoms with van der Waals surface area (Å²) >= 11 is 0. The Morgan fingerprint density at radius 2 is 1.74 bits per heavy atom. The molecule has 1 aliphatic heterocycles. The van der Waals surface area contributed by atoms with Crippen molar-refractivity contribution in [3.05, 3.63) is 59.7 Å². The van der Waals surface area contributed by atoms with Crippen molar-refractivity contribution in [2.75, 3.05) is 19.6 Å². The highest BCUT2D eigenvalue weighted by Gasteiger charge is 2.28. The lowest BCUT2D eigenvalue weighted by atomic mass is 9.94. The van der Waals surface area contributed by atoms with Gasteiger partial charge in [0.1, 0.15) is 0 Å². The molecule has 1 heterocycles. The van der Waals surface area contributed by atoms with Gasteiger partial charge in [0.15, 0.2) is 11.5 Å². The van der Waals surface area contributed by atoms with Crippen LogP contribution >= 0.6 is 0 Å². The van der Waals surface area contributed by atoms with E-state index in [2.05, 4.69) is 17.0 Å². The van der Waals surface area contributed by atoms with Crippen molar-refractivity contribution in [1.29, 1.82) is 0 Å². The van der Waals surface area contributed by atoms with Crippen LogP contribution in [-0.2, 0) is 17.9 Å². The maximum Gasteiger partial charge on any atom is 0.226 e. The molecule has 2 aromatic rings. The fourth-order valence-corrected chi connectivity index (χ4v) is 3.67. The standard InChI is InChI=1S/C22H28N2O3/c1-2-24(16-17-6-4-3-5-7-17)22(27)19-10-12-23(13-11-19)15-18-8-9-20(25)21(26)14-18/h3-9,14,19,25-26H,2,10-13,15-16H2,1H3. The Balaban J connectivity index is 1.52. The van der Waals surface area contributed by atoms with E-state index in [9.17, 15) is 15.0 Å². The molecule has 0 spiro atoms. The molecule has 3 rings (SSSR count). The summed E-state index contributed by atoms with van der Waals surface area (Å²) in [5.41, 5.74) is 2.13. The number of likely N-dealkylation sites (tertiary alicyclic amines) is 1. The van der Waals surface area contributed by atoms with Crippen LogP contribution in [0.25, 0.3) is 0 Å². The molecule has 1 amide bonds. The van der Waals surface area contributed by atoms with Crippen molar-refractivity contribution < 1.29 is 15.0 Å². The quantitative estimate of drug-likeness (QED) is 0.768. The molecular formula is C22H28N2O3. The highest BCUT2D eigenvalue weighted by atomic mass is 16.3. The van der Waals surface area contributed by atoms with Crippen LogP contribution in [0.4, 0.5) is 0 Å². The van der Waals surface area contributed by atoms with Crippen molar-refractivity contribution in [1.82, 2.24) is 9.80 Å². The Bertz CT molecular complexity index is 755. The van der Waals surface area contributed by atoms with Crippen molar-refractivity contribution in [3.63, 3.8) is 0 Å². The van der Waals surface area contributed by atoms with Crippen LogP contribution < -0.4 is 0 Å². The summed E-state index contributed by atoms with van der Waals surface area (Å²) in [5, 5.41) is 19.1. The van der Waals surface area contributed by atoms with Gasteiger partial charge in [0.25, 0.3) is 0 Å². The topological polar surface area (TPSA) is 64.0 Å². The molecule has 27 heavy (non-hydrogen) atoms. The number of piperidine rings is 1. The minimum atomic E-state index is -0.0962. The van der Waals surface area contributed by atoms with Gasteiger partial charge < -0.3 is 15.1 Å². The van der Waals surface area contributed by atoms with E-state index < -0.39 is 0 Å². The lowest BCUT2D eigenvalue weighted by Crippen LogP contribution is -2.42. The molecular weight excluding hydrogens is 340 g/mol. The second-order valence-electron chi connectivity index (χ2n) is 7.21. The summed E-state index contributed by atoms with van der Waals surface area (Å²) < 4.78 is 0. The van der Waals surface area contributed by atoms with Crippen LogP contribution in [0.1, 0.15) is 30.9 Å². The number of phenols is 2. The van der Waals surface area contributed by atoms with Crippen LogP contribution in [-0.4, -0.2) is 45.6 Å². The first-order valence-electron chi connectivity index (χ1n) is 9.62. The summed E-state index contributed by atoms with van der Waals surface area (Å²) in [6, 6.07) is 15.1. The van der Waals surface area contributed by atoms with Gasteiger partial charge in [0.2, 0.25) is 5.91 Å². The molecule has 0 radical (unpaired) electrons. The molecule has 1 fully saturated rings. The second-order valence-corrected chi connectivity index (χ2v) is 7.21. The number of benzene rings is 2. The number of aromatic hydroxyl groups is 2. The van der Waals surface area contributed by atoms with Crippen LogP contribution in [0.15, 0.2) is 48.5 Å². The molecule has 2 N–H and O–H groups in total. The molecule has 144 valence electrons. The Morgan fingerprint density at radius 3 is 2.37 bits per heavy atom. The van der Waals surface area contributed by atoms with E-state index in [1.807, 2.05) is 36.1 Å². The SMILES string of the molecule is CCN(Cc1ccccc1)C(=O)C1CCN(Cc2ccc(O)c(O)c2)CC1. The van der Waals surface area contributed by atoms with E-state index in [4.69, 9.17) is 0 Å². The van der Waals surface area contributed by atoms with Crippen molar-refractivity contribution in [2.24, 2.45) is 5.92 Å². The number of carbonyl (C=O) groups is 1. The first-order valence-corrected chi connectivity index (χ1v) is 9.62. The van der Waals surface area contributed by atoms with Crippen molar-refractivity contribution >= 4 is 5.91 Å². The Labute approximate surface area is 160 Å². The van der Waals surface area contributed by atoms with Gasteiger partial charge in [-0.15, -0.1) is 0 Å². The summed E-state index contributed by atoms with van der Waals surface area (Å²) in [7, 11) is 0. The maximum atomic E-state index is 12.9. The average Bonchev–Trinajstić information content (AvgIpc) is 2.70. The summed E-state index contributed by atoms with van der Waals surface area (Å²) in [5.74, 6) is 0.152. The van der Waals surface area contributed by atoms with Crippen LogP contribution in [0.5, 0.6) is 11.5 Å². The number of hydrogen-bond acceptors (Lipinski definition) is 4. The Hall–Kier alpha value is -2.53. The molecule has 0 saturated carbocycles. The molecule has 1 aliphatic rings. The van der Waals surface area contributed by atoms with Gasteiger partial charge in [-0.05, 0) is 56.1 Å². The third-order valence-electron chi connectivity index (χ3n) is 5.29. The number of phenolic OH excluding ortho intramolecular Hbond substituents is 2. The largest absolute Gasteiger partial charge is 0.504 e. The number of hydrogen-bond donors (Lipinski definition) is 2. The zero-order valence-corrected chi connectivity index (χ0v) is 15.8. The fourth-order valence-electron chi connectivity index (χ4n) is 3.67. The van der Waals surface area contributed by atoms with Gasteiger partial charge >= 0.3 is 0 Å². The highest BCUT2D eigenvalue weighted by Crippen LogP contribution is 2.27. The van der Waals surface area contributed by atoms with Gasteiger partial charge in [-0.3, -0.25) is 9.69 Å². The molecule has 0 aliphatic carbocycles. The highest BCUT2D eigenvalue weighted by molar-refractivity contribution is 5.79. The van der Waals surface area contributed by atoms with Crippen molar-refractivity contribution in [2.45, 2.75) is 32.9 Å².